The number of rotatable bonds is 21. The van der Waals surface area contributed by atoms with E-state index >= 15 is 0 Å². The molecule has 0 unspecified atom stereocenters. The Balaban J connectivity index is 1.73. The van der Waals surface area contributed by atoms with Gasteiger partial charge in [0.15, 0.2) is 0 Å². The van der Waals surface area contributed by atoms with Gasteiger partial charge in [0.1, 0.15) is 12.0 Å². The third-order valence-corrected chi connectivity index (χ3v) is 5.78. The van der Waals surface area contributed by atoms with Crippen LogP contribution in [0.4, 0.5) is 0 Å². The Morgan fingerprint density at radius 1 is 0.586 bits per heavy atom. The maximum absolute atomic E-state index is 10.6. The lowest BCUT2D eigenvalue weighted by molar-refractivity contribution is 0.112. The van der Waals surface area contributed by atoms with Crippen LogP contribution >= 0.6 is 0 Å². The number of hydrogen-bond donors (Lipinski definition) is 0. The maximum atomic E-state index is 10.6. The standard InChI is InChI=1S/C27H46O2/c1-2-3-4-5-6-7-8-9-10-11-12-13-14-15-16-17-18-19-24-29-27-22-20-26(25-28)21-23-27/h20-23,25H,2-19,24H2,1H3. The zero-order valence-corrected chi connectivity index (χ0v) is 19.1. The molecule has 0 bridgehead atoms. The predicted octanol–water partition coefficient (Wildman–Crippen LogP) is 8.92. The molecule has 0 aliphatic rings. The summed E-state index contributed by atoms with van der Waals surface area (Å²) in [6.45, 7) is 3.07. The first-order valence-electron chi connectivity index (χ1n) is 12.5. The zero-order chi connectivity index (χ0) is 20.8. The first kappa shape index (κ1) is 25.7. The first-order valence-corrected chi connectivity index (χ1v) is 12.5. The largest absolute Gasteiger partial charge is 0.494 e. The van der Waals surface area contributed by atoms with E-state index < -0.39 is 0 Å². The topological polar surface area (TPSA) is 26.3 Å². The van der Waals surface area contributed by atoms with Crippen LogP contribution in [0.3, 0.4) is 0 Å². The molecule has 29 heavy (non-hydrogen) atoms. The summed E-state index contributed by atoms with van der Waals surface area (Å²) in [5.41, 5.74) is 0.700. The summed E-state index contributed by atoms with van der Waals surface area (Å²) in [6.07, 6.45) is 26.0. The van der Waals surface area contributed by atoms with Crippen molar-refractivity contribution in [1.29, 1.82) is 0 Å². The molecule has 0 saturated carbocycles. The van der Waals surface area contributed by atoms with Crippen molar-refractivity contribution < 1.29 is 9.53 Å². The number of carbonyl (C=O) groups is 1. The number of ether oxygens (including phenoxy) is 1. The molecule has 0 radical (unpaired) electrons. The normalized spacial score (nSPS) is 10.9. The molecule has 1 aromatic rings. The van der Waals surface area contributed by atoms with Crippen LogP contribution in [0, 0.1) is 0 Å². The first-order chi connectivity index (χ1) is 14.4. The number of hydrogen-bond acceptors (Lipinski definition) is 2. The fraction of sp³-hybridized carbons (Fsp3) is 0.741. The van der Waals surface area contributed by atoms with Gasteiger partial charge in [0.2, 0.25) is 0 Å². The fourth-order valence-corrected chi connectivity index (χ4v) is 3.84. The van der Waals surface area contributed by atoms with Gasteiger partial charge in [-0.1, -0.05) is 116 Å². The third kappa shape index (κ3) is 16.2. The van der Waals surface area contributed by atoms with Gasteiger partial charge in [0, 0.05) is 5.56 Å². The molecule has 0 spiro atoms. The van der Waals surface area contributed by atoms with E-state index in [1.807, 2.05) is 12.1 Å². The average Bonchev–Trinajstić information content (AvgIpc) is 2.75. The van der Waals surface area contributed by atoms with Gasteiger partial charge in [-0.05, 0) is 30.7 Å². The second-order valence-electron chi connectivity index (χ2n) is 8.55. The monoisotopic (exact) mass is 402 g/mol. The summed E-state index contributed by atoms with van der Waals surface area (Å²) in [5, 5.41) is 0. The number of unbranched alkanes of at least 4 members (excludes halogenated alkanes) is 17. The molecule has 0 saturated heterocycles. The number of aldehydes is 1. The number of carbonyl (C=O) groups excluding carboxylic acids is 1. The van der Waals surface area contributed by atoms with Gasteiger partial charge in [-0.25, -0.2) is 0 Å². The molecule has 2 nitrogen and oxygen atoms in total. The smallest absolute Gasteiger partial charge is 0.150 e. The summed E-state index contributed by atoms with van der Waals surface area (Å²) in [5.74, 6) is 0.863. The lowest BCUT2D eigenvalue weighted by atomic mass is 10.0. The van der Waals surface area contributed by atoms with E-state index in [1.165, 1.54) is 109 Å². The van der Waals surface area contributed by atoms with E-state index in [9.17, 15) is 4.79 Å². The van der Waals surface area contributed by atoms with Crippen LogP contribution in [-0.4, -0.2) is 12.9 Å². The molecule has 0 heterocycles. The second kappa shape index (κ2) is 20.0. The van der Waals surface area contributed by atoms with Crippen molar-refractivity contribution in [2.45, 2.75) is 122 Å². The Kier molecular flexibility index (Phi) is 17.7. The van der Waals surface area contributed by atoms with Gasteiger partial charge in [-0.2, -0.15) is 0 Å². The van der Waals surface area contributed by atoms with Crippen molar-refractivity contribution in [3.8, 4) is 5.75 Å². The van der Waals surface area contributed by atoms with Crippen molar-refractivity contribution in [3.63, 3.8) is 0 Å². The molecule has 0 aromatic heterocycles. The molecular formula is C27H46O2. The van der Waals surface area contributed by atoms with Crippen LogP contribution in [0.1, 0.15) is 133 Å². The predicted molar refractivity (Wildman–Crippen MR) is 126 cm³/mol. The molecule has 166 valence electrons. The maximum Gasteiger partial charge on any atom is 0.150 e. The Labute approximate surface area is 180 Å². The highest BCUT2D eigenvalue weighted by Gasteiger charge is 1.97. The minimum atomic E-state index is 0.700. The average molecular weight is 403 g/mol. The van der Waals surface area contributed by atoms with Gasteiger partial charge >= 0.3 is 0 Å². The molecule has 0 aliphatic heterocycles. The van der Waals surface area contributed by atoms with Crippen LogP contribution in [0.15, 0.2) is 24.3 Å². The molecule has 0 atom stereocenters. The van der Waals surface area contributed by atoms with Crippen LogP contribution in [-0.2, 0) is 0 Å². The molecule has 0 aliphatic carbocycles. The van der Waals surface area contributed by atoms with Gasteiger partial charge in [0.05, 0.1) is 6.61 Å². The highest BCUT2D eigenvalue weighted by Crippen LogP contribution is 2.15. The zero-order valence-electron chi connectivity index (χ0n) is 19.1. The Morgan fingerprint density at radius 2 is 0.966 bits per heavy atom. The van der Waals surface area contributed by atoms with Crippen LogP contribution < -0.4 is 4.74 Å². The van der Waals surface area contributed by atoms with Crippen LogP contribution in [0.25, 0.3) is 0 Å². The van der Waals surface area contributed by atoms with E-state index in [1.54, 1.807) is 12.1 Å². The molecule has 0 fully saturated rings. The van der Waals surface area contributed by atoms with Crippen molar-refractivity contribution in [2.24, 2.45) is 0 Å². The second-order valence-corrected chi connectivity index (χ2v) is 8.55. The quantitative estimate of drug-likeness (QED) is 0.151. The molecular weight excluding hydrogens is 356 g/mol. The minimum absolute atomic E-state index is 0.700. The van der Waals surface area contributed by atoms with E-state index in [4.69, 9.17) is 4.74 Å². The summed E-state index contributed by atoms with van der Waals surface area (Å²) >= 11 is 0. The van der Waals surface area contributed by atoms with Gasteiger partial charge in [-0.15, -0.1) is 0 Å². The van der Waals surface area contributed by atoms with Crippen molar-refractivity contribution in [3.05, 3.63) is 29.8 Å². The van der Waals surface area contributed by atoms with Gasteiger partial charge < -0.3 is 4.74 Å². The summed E-state index contributed by atoms with van der Waals surface area (Å²) in [4.78, 5) is 10.6. The summed E-state index contributed by atoms with van der Waals surface area (Å²) < 4.78 is 5.72. The Hall–Kier alpha value is -1.31. The molecule has 2 heteroatoms. The van der Waals surface area contributed by atoms with Gasteiger partial charge in [-0.3, -0.25) is 4.79 Å². The lowest BCUT2D eigenvalue weighted by Crippen LogP contribution is -1.97. The van der Waals surface area contributed by atoms with Crippen molar-refractivity contribution in [2.75, 3.05) is 6.61 Å². The highest BCUT2D eigenvalue weighted by atomic mass is 16.5. The van der Waals surface area contributed by atoms with E-state index in [2.05, 4.69) is 6.92 Å². The number of benzene rings is 1. The Bertz CT molecular complexity index is 466. The molecule has 0 N–H and O–H groups in total. The molecule has 1 rings (SSSR count). The van der Waals surface area contributed by atoms with Crippen LogP contribution in [0.5, 0.6) is 5.75 Å². The Morgan fingerprint density at radius 3 is 1.34 bits per heavy atom. The van der Waals surface area contributed by atoms with Gasteiger partial charge in [0.25, 0.3) is 0 Å². The lowest BCUT2D eigenvalue weighted by Gasteiger charge is -2.06. The van der Waals surface area contributed by atoms with Crippen LogP contribution in [0.2, 0.25) is 0 Å². The van der Waals surface area contributed by atoms with E-state index in [0.29, 0.717) is 5.56 Å². The molecule has 0 amide bonds. The van der Waals surface area contributed by atoms with Crippen molar-refractivity contribution in [1.82, 2.24) is 0 Å². The van der Waals surface area contributed by atoms with Crippen molar-refractivity contribution >= 4 is 6.29 Å². The fourth-order valence-electron chi connectivity index (χ4n) is 3.84. The summed E-state index contributed by atoms with van der Waals surface area (Å²) in [7, 11) is 0. The highest BCUT2D eigenvalue weighted by molar-refractivity contribution is 5.74. The third-order valence-electron chi connectivity index (χ3n) is 5.78. The summed E-state index contributed by atoms with van der Waals surface area (Å²) in [6, 6.07) is 7.35. The minimum Gasteiger partial charge on any atom is -0.494 e. The van der Waals surface area contributed by atoms with E-state index in [-0.39, 0.29) is 0 Å². The SMILES string of the molecule is CCCCCCCCCCCCCCCCCCCCOc1ccc(C=O)cc1. The van der Waals surface area contributed by atoms with E-state index in [0.717, 1.165) is 25.1 Å². The molecule has 1 aromatic carbocycles.